The maximum Gasteiger partial charge on any atom is 0.407 e. The normalized spacial score (nSPS) is 21.1. The third-order valence-corrected chi connectivity index (χ3v) is 13.6. The van der Waals surface area contributed by atoms with E-state index in [1.807, 2.05) is 49.8 Å². The van der Waals surface area contributed by atoms with Gasteiger partial charge in [-0.15, -0.1) is 0 Å². The van der Waals surface area contributed by atoms with Crippen LogP contribution < -0.4 is 15.4 Å². The van der Waals surface area contributed by atoms with E-state index in [0.29, 0.717) is 50.8 Å². The summed E-state index contributed by atoms with van der Waals surface area (Å²) >= 11 is 0. The van der Waals surface area contributed by atoms with Crippen molar-refractivity contribution >= 4 is 45.8 Å². The number of methoxy groups -OCH3 is 3. The van der Waals surface area contributed by atoms with Crippen LogP contribution in [0.1, 0.15) is 89.6 Å². The highest BCUT2D eigenvalue weighted by atomic mass is 16.5. The van der Waals surface area contributed by atoms with Crippen molar-refractivity contribution in [2.75, 3.05) is 41.0 Å². The molecule has 16 nitrogen and oxygen atoms in total. The summed E-state index contributed by atoms with van der Waals surface area (Å²) in [5, 5.41) is 7.49. The predicted molar refractivity (Wildman–Crippen MR) is 241 cm³/mol. The van der Waals surface area contributed by atoms with Crippen LogP contribution in [0.3, 0.4) is 0 Å². The minimum Gasteiger partial charge on any atom is -0.488 e. The van der Waals surface area contributed by atoms with Crippen molar-refractivity contribution in [1.82, 2.24) is 40.4 Å². The molecule has 4 amide bonds. The zero-order valence-corrected chi connectivity index (χ0v) is 37.9. The van der Waals surface area contributed by atoms with E-state index < -0.39 is 24.3 Å². The Kier molecular flexibility index (Phi) is 12.9. The van der Waals surface area contributed by atoms with Gasteiger partial charge in [-0.1, -0.05) is 65.7 Å². The first-order valence-corrected chi connectivity index (χ1v) is 22.4. The van der Waals surface area contributed by atoms with Gasteiger partial charge in [0.2, 0.25) is 11.8 Å². The van der Waals surface area contributed by atoms with Gasteiger partial charge in [0, 0.05) is 37.1 Å². The van der Waals surface area contributed by atoms with E-state index in [0.717, 1.165) is 68.3 Å². The number of alkyl carbamates (subject to hydrolysis) is 2. The van der Waals surface area contributed by atoms with Gasteiger partial charge in [-0.05, 0) is 76.9 Å². The molecule has 5 heterocycles. The number of hydrogen-bond donors (Lipinski definition) is 4. The minimum absolute atomic E-state index is 0.0792. The van der Waals surface area contributed by atoms with Crippen molar-refractivity contribution in [3.05, 3.63) is 65.9 Å². The van der Waals surface area contributed by atoms with Gasteiger partial charge in [-0.3, -0.25) is 9.59 Å². The number of carbonyl (C=O) groups is 4. The lowest BCUT2D eigenvalue weighted by molar-refractivity contribution is -0.136. The smallest absolute Gasteiger partial charge is 0.407 e. The molecular weight excluding hydrogens is 817 g/mol. The molecule has 3 aliphatic rings. The second-order valence-corrected chi connectivity index (χ2v) is 17.9. The molecule has 4 N–H and O–H groups in total. The first kappa shape index (κ1) is 44.4. The van der Waals surface area contributed by atoms with Crippen LogP contribution in [0.5, 0.6) is 5.75 Å². The van der Waals surface area contributed by atoms with Crippen LogP contribution in [0.2, 0.25) is 0 Å². The van der Waals surface area contributed by atoms with Gasteiger partial charge >= 0.3 is 12.2 Å². The second-order valence-electron chi connectivity index (χ2n) is 17.9. The van der Waals surface area contributed by atoms with Crippen LogP contribution in [0.15, 0.2) is 48.7 Å². The van der Waals surface area contributed by atoms with Crippen molar-refractivity contribution in [1.29, 1.82) is 0 Å². The minimum atomic E-state index is -0.748. The van der Waals surface area contributed by atoms with E-state index in [1.165, 1.54) is 14.2 Å². The van der Waals surface area contributed by atoms with Crippen LogP contribution in [0.25, 0.3) is 44.2 Å². The molecule has 5 aromatic rings. The quantitative estimate of drug-likeness (QED) is 0.0913. The summed E-state index contributed by atoms with van der Waals surface area (Å²) in [7, 11) is 4.26. The lowest BCUT2D eigenvalue weighted by Crippen LogP contribution is -2.51. The number of nitrogens with one attached hydrogen (secondary N) is 4. The summed E-state index contributed by atoms with van der Waals surface area (Å²) in [5.74, 6) is 2.00. The molecule has 16 heteroatoms. The van der Waals surface area contributed by atoms with Gasteiger partial charge in [-0.25, -0.2) is 19.6 Å². The number of aromatic amines is 2. The highest BCUT2D eigenvalue weighted by Gasteiger charge is 2.43. The summed E-state index contributed by atoms with van der Waals surface area (Å²) in [4.78, 5) is 73.4. The number of benzene rings is 3. The number of likely N-dealkylation sites (tertiary alicyclic amines) is 2. The fourth-order valence-electron chi connectivity index (χ4n) is 9.71. The van der Waals surface area contributed by atoms with Crippen LogP contribution in [-0.2, 0) is 30.4 Å². The number of nitrogens with zero attached hydrogens (tertiary/aromatic N) is 4. The van der Waals surface area contributed by atoms with Crippen LogP contribution in [0.4, 0.5) is 9.59 Å². The first-order valence-electron chi connectivity index (χ1n) is 22.4. The standard InChI is InChI=1S/C48H60N8O8/c1-9-26(4)40(53-47(59)62-7)45(57)55-21-25(3)15-37(55)43-49-20-36(51-43)30-11-13-32-31(17-30)24-64-39-19-33-29(18-34(32)39)12-14-35-42(33)52-44(50-35)38-16-28(23-61-6)22-56(38)46(58)41(27(5)10-2)54-48(60)63-8/h11-14,17-20,25-28,37-38,40-41H,9-10,15-16,21-24H2,1-8H3,(H,49,51)(H,50,52)(H,53,59)(H,54,60)/t25-,26?,27?,28?,37?,38-,40?,41?/m0/s1. The molecule has 0 spiro atoms. The molecule has 8 atom stereocenters. The van der Waals surface area contributed by atoms with E-state index in [-0.39, 0.29) is 47.6 Å². The average Bonchev–Trinajstić information content (AvgIpc) is 4.14. The molecule has 0 radical (unpaired) electrons. The molecule has 2 fully saturated rings. The summed E-state index contributed by atoms with van der Waals surface area (Å²) in [6.07, 6.45) is 3.38. The Morgan fingerprint density at radius 2 is 1.50 bits per heavy atom. The van der Waals surface area contributed by atoms with Gasteiger partial charge < -0.3 is 49.3 Å². The Morgan fingerprint density at radius 1 is 0.828 bits per heavy atom. The number of hydrogen-bond acceptors (Lipinski definition) is 10. The van der Waals surface area contributed by atoms with Crippen molar-refractivity contribution in [2.24, 2.45) is 23.7 Å². The van der Waals surface area contributed by atoms with Gasteiger partial charge in [-0.2, -0.15) is 0 Å². The highest BCUT2D eigenvalue weighted by molar-refractivity contribution is 6.07. The molecule has 0 aliphatic carbocycles. The third-order valence-electron chi connectivity index (χ3n) is 13.6. The monoisotopic (exact) mass is 876 g/mol. The van der Waals surface area contributed by atoms with Crippen LogP contribution in [-0.4, -0.2) is 107 Å². The number of amides is 4. The highest BCUT2D eigenvalue weighted by Crippen LogP contribution is 2.44. The second kappa shape index (κ2) is 18.5. The number of H-pyrrole nitrogens is 2. The third kappa shape index (κ3) is 8.47. The first-order chi connectivity index (χ1) is 30.8. The molecule has 2 aromatic heterocycles. The molecule has 0 bridgehead atoms. The zero-order valence-electron chi connectivity index (χ0n) is 37.9. The van der Waals surface area contributed by atoms with Gasteiger partial charge in [0.15, 0.2) is 0 Å². The predicted octanol–water partition coefficient (Wildman–Crippen LogP) is 7.65. The van der Waals surface area contributed by atoms with Crippen molar-refractivity contribution in [3.8, 4) is 28.1 Å². The molecule has 6 unspecified atom stereocenters. The zero-order chi connectivity index (χ0) is 45.4. The molecule has 8 rings (SSSR count). The number of carbonyl (C=O) groups excluding carboxylic acids is 4. The lowest BCUT2D eigenvalue weighted by atomic mass is 9.92. The largest absolute Gasteiger partial charge is 0.488 e. The van der Waals surface area contributed by atoms with Crippen molar-refractivity contribution < 1.29 is 38.1 Å². The molecule has 340 valence electrons. The van der Waals surface area contributed by atoms with Crippen molar-refractivity contribution in [2.45, 2.75) is 91.1 Å². The maximum atomic E-state index is 14.2. The fraction of sp³-hybridized carbons (Fsp3) is 0.500. The number of rotatable bonds is 13. The number of fused-ring (bicyclic) bond motifs is 6. The molecule has 3 aromatic carbocycles. The Labute approximate surface area is 373 Å². The van der Waals surface area contributed by atoms with Crippen molar-refractivity contribution in [3.63, 3.8) is 0 Å². The molecule has 2 saturated heterocycles. The molecular formula is C48H60N8O8. The number of imidazole rings is 2. The Hall–Kier alpha value is -6.16. The Morgan fingerprint density at radius 3 is 2.16 bits per heavy atom. The lowest BCUT2D eigenvalue weighted by Gasteiger charge is -2.30. The Bertz CT molecular complexity index is 2550. The van der Waals surface area contributed by atoms with Gasteiger partial charge in [0.05, 0.1) is 55.8 Å². The van der Waals surface area contributed by atoms with Crippen LogP contribution in [0, 0.1) is 23.7 Å². The van der Waals surface area contributed by atoms with Gasteiger partial charge in [0.25, 0.3) is 0 Å². The van der Waals surface area contributed by atoms with E-state index >= 15 is 0 Å². The summed E-state index contributed by atoms with van der Waals surface area (Å²) < 4.78 is 21.7. The molecule has 64 heavy (non-hydrogen) atoms. The average molecular weight is 877 g/mol. The van der Waals surface area contributed by atoms with Gasteiger partial charge in [0.1, 0.15) is 36.1 Å². The maximum absolute atomic E-state index is 14.2. The Balaban J connectivity index is 1.05. The van der Waals surface area contributed by atoms with E-state index in [9.17, 15) is 19.2 Å². The van der Waals surface area contributed by atoms with Crippen LogP contribution >= 0.6 is 0 Å². The summed E-state index contributed by atoms with van der Waals surface area (Å²) in [5.41, 5.74) is 6.52. The summed E-state index contributed by atoms with van der Waals surface area (Å²) in [6, 6.07) is 12.6. The topological polar surface area (TPSA) is 193 Å². The van der Waals surface area contributed by atoms with E-state index in [2.05, 4.69) is 63.9 Å². The fourth-order valence-corrected chi connectivity index (χ4v) is 9.71. The molecule has 3 aliphatic heterocycles. The van der Waals surface area contributed by atoms with E-state index in [4.69, 9.17) is 28.9 Å². The summed E-state index contributed by atoms with van der Waals surface area (Å²) in [6.45, 7) is 11.9. The number of aromatic nitrogens is 4. The number of ether oxygens (including phenoxy) is 4. The molecule has 0 saturated carbocycles. The van der Waals surface area contributed by atoms with E-state index in [1.54, 1.807) is 7.11 Å². The SMILES string of the molecule is CCC(C)C(NC(=O)OC)C(=O)N1C[C@@H](C)CC1c1ncc(-c2ccc3c(c2)COc2cc4c(ccc5[nH]c([C@@H]6CC(COC)CN6C(=O)C(NC(=O)OC)C(C)CC)nc54)cc2-3)[nH]1.